The van der Waals surface area contributed by atoms with Crippen LogP contribution in [0.1, 0.15) is 33.9 Å². The summed E-state index contributed by atoms with van der Waals surface area (Å²) in [6, 6.07) is 8.47. The van der Waals surface area contributed by atoms with E-state index in [1.165, 1.54) is 45.6 Å². The average Bonchev–Trinajstić information content (AvgIpc) is 2.77. The third-order valence-electron chi connectivity index (χ3n) is 5.18. The summed E-state index contributed by atoms with van der Waals surface area (Å²) in [5.74, 6) is 0.203. The minimum atomic E-state index is -2.95. The highest BCUT2D eigenvalue weighted by atomic mass is 19.3. The summed E-state index contributed by atoms with van der Waals surface area (Å²) in [4.78, 5) is 26.9. The van der Waals surface area contributed by atoms with Gasteiger partial charge in [-0.2, -0.15) is 8.78 Å². The molecule has 0 N–H and O–H groups in total. The highest BCUT2D eigenvalue weighted by molar-refractivity contribution is 5.95. The molecular formula is C22H23F2NO6. The number of rotatable bonds is 7. The first-order chi connectivity index (χ1) is 14.9. The van der Waals surface area contributed by atoms with Gasteiger partial charge in [0.05, 0.1) is 33.8 Å². The van der Waals surface area contributed by atoms with Crippen LogP contribution < -0.4 is 14.2 Å². The van der Waals surface area contributed by atoms with Gasteiger partial charge in [0.25, 0.3) is 5.91 Å². The molecule has 1 aliphatic heterocycles. The fourth-order valence-electron chi connectivity index (χ4n) is 3.68. The third kappa shape index (κ3) is 4.87. The van der Waals surface area contributed by atoms with Gasteiger partial charge in [-0.15, -0.1) is 0 Å². The lowest BCUT2D eigenvalue weighted by Gasteiger charge is -2.37. The van der Waals surface area contributed by atoms with Gasteiger partial charge in [0.2, 0.25) is 0 Å². The van der Waals surface area contributed by atoms with Crippen LogP contribution in [0.25, 0.3) is 0 Å². The van der Waals surface area contributed by atoms with Crippen molar-refractivity contribution < 1.29 is 37.3 Å². The maximum Gasteiger partial charge on any atom is 0.387 e. The van der Waals surface area contributed by atoms with Crippen molar-refractivity contribution in [3.05, 3.63) is 53.1 Å². The molecule has 7 nitrogen and oxygen atoms in total. The van der Waals surface area contributed by atoms with Crippen LogP contribution in [0.4, 0.5) is 8.78 Å². The largest absolute Gasteiger partial charge is 0.493 e. The number of halogens is 2. The molecule has 2 aromatic carbocycles. The molecule has 1 amide bonds. The molecule has 1 atom stereocenters. The van der Waals surface area contributed by atoms with Crippen LogP contribution in [0, 0.1) is 0 Å². The number of benzene rings is 2. The monoisotopic (exact) mass is 435 g/mol. The molecule has 0 fully saturated rings. The Bertz CT molecular complexity index is 948. The van der Waals surface area contributed by atoms with Crippen LogP contribution in [-0.2, 0) is 16.0 Å². The van der Waals surface area contributed by atoms with Gasteiger partial charge < -0.3 is 23.8 Å². The SMILES string of the molecule is COC(=O)C[C@H]1c2cc(OC)c(OC)cc2CCN1C(=O)c1ccc(OC(F)F)cc1. The van der Waals surface area contributed by atoms with E-state index in [9.17, 15) is 18.4 Å². The van der Waals surface area contributed by atoms with Crippen molar-refractivity contribution in [2.75, 3.05) is 27.9 Å². The predicted molar refractivity (Wildman–Crippen MR) is 107 cm³/mol. The van der Waals surface area contributed by atoms with Crippen LogP contribution in [-0.4, -0.2) is 51.3 Å². The number of fused-ring (bicyclic) bond motifs is 1. The van der Waals surface area contributed by atoms with E-state index >= 15 is 0 Å². The van der Waals surface area contributed by atoms with Crippen molar-refractivity contribution in [2.24, 2.45) is 0 Å². The maximum atomic E-state index is 13.2. The Kier molecular flexibility index (Phi) is 6.94. The second-order valence-electron chi connectivity index (χ2n) is 6.85. The Morgan fingerprint density at radius 3 is 2.29 bits per heavy atom. The number of ether oxygens (including phenoxy) is 4. The molecular weight excluding hydrogens is 412 g/mol. The molecule has 31 heavy (non-hydrogen) atoms. The minimum absolute atomic E-state index is 0.0431. The number of alkyl halides is 2. The summed E-state index contributed by atoms with van der Waals surface area (Å²) in [5, 5.41) is 0. The van der Waals surface area contributed by atoms with Gasteiger partial charge in [-0.1, -0.05) is 0 Å². The first-order valence-corrected chi connectivity index (χ1v) is 9.55. The highest BCUT2D eigenvalue weighted by Crippen LogP contribution is 2.40. The number of carbonyl (C=O) groups excluding carboxylic acids is 2. The molecule has 166 valence electrons. The van der Waals surface area contributed by atoms with E-state index in [1.54, 1.807) is 11.0 Å². The van der Waals surface area contributed by atoms with Crippen molar-refractivity contribution in [1.29, 1.82) is 0 Å². The zero-order valence-electron chi connectivity index (χ0n) is 17.4. The van der Waals surface area contributed by atoms with Gasteiger partial charge in [-0.05, 0) is 53.9 Å². The van der Waals surface area contributed by atoms with Gasteiger partial charge in [0.1, 0.15) is 5.75 Å². The molecule has 1 heterocycles. The van der Waals surface area contributed by atoms with Crippen molar-refractivity contribution in [2.45, 2.75) is 25.5 Å². The van der Waals surface area contributed by atoms with E-state index in [2.05, 4.69) is 4.74 Å². The van der Waals surface area contributed by atoms with Crippen molar-refractivity contribution in [3.8, 4) is 17.2 Å². The lowest BCUT2D eigenvalue weighted by atomic mass is 9.89. The number of nitrogens with zero attached hydrogens (tertiary/aromatic N) is 1. The summed E-state index contributed by atoms with van der Waals surface area (Å²) >= 11 is 0. The molecule has 3 rings (SSSR count). The van der Waals surface area contributed by atoms with E-state index in [-0.39, 0.29) is 18.1 Å². The summed E-state index contributed by atoms with van der Waals surface area (Å²) in [6.07, 6.45) is 0.503. The van der Waals surface area contributed by atoms with E-state index in [0.717, 1.165) is 11.1 Å². The Balaban J connectivity index is 1.95. The van der Waals surface area contributed by atoms with Crippen LogP contribution >= 0.6 is 0 Å². The molecule has 0 spiro atoms. The zero-order chi connectivity index (χ0) is 22.5. The van der Waals surface area contributed by atoms with Crippen LogP contribution in [0.15, 0.2) is 36.4 Å². The van der Waals surface area contributed by atoms with E-state index in [0.29, 0.717) is 30.0 Å². The van der Waals surface area contributed by atoms with Crippen molar-refractivity contribution >= 4 is 11.9 Å². The van der Waals surface area contributed by atoms with Gasteiger partial charge in [-0.25, -0.2) is 0 Å². The van der Waals surface area contributed by atoms with Crippen molar-refractivity contribution in [3.63, 3.8) is 0 Å². The molecule has 2 aromatic rings. The molecule has 1 aliphatic rings. The first-order valence-electron chi connectivity index (χ1n) is 9.55. The predicted octanol–water partition coefficient (Wildman–Crippen LogP) is 3.61. The third-order valence-corrected chi connectivity index (χ3v) is 5.18. The summed E-state index contributed by atoms with van der Waals surface area (Å²) in [7, 11) is 4.33. The Labute approximate surface area is 178 Å². The lowest BCUT2D eigenvalue weighted by molar-refractivity contribution is -0.141. The summed E-state index contributed by atoms with van der Waals surface area (Å²) in [6.45, 7) is -2.59. The molecule has 0 saturated carbocycles. The second kappa shape index (κ2) is 9.63. The van der Waals surface area contributed by atoms with Gasteiger partial charge in [0, 0.05) is 12.1 Å². The second-order valence-corrected chi connectivity index (χ2v) is 6.85. The zero-order valence-corrected chi connectivity index (χ0v) is 17.4. The van der Waals surface area contributed by atoms with Gasteiger partial charge in [-0.3, -0.25) is 9.59 Å². The van der Waals surface area contributed by atoms with E-state index in [4.69, 9.17) is 14.2 Å². The normalized spacial score (nSPS) is 15.3. The first kappa shape index (κ1) is 22.3. The van der Waals surface area contributed by atoms with Crippen LogP contribution in [0.2, 0.25) is 0 Å². The smallest absolute Gasteiger partial charge is 0.387 e. The highest BCUT2D eigenvalue weighted by Gasteiger charge is 2.34. The van der Waals surface area contributed by atoms with Gasteiger partial charge in [0.15, 0.2) is 11.5 Å². The molecule has 9 heteroatoms. The average molecular weight is 435 g/mol. The summed E-state index contributed by atoms with van der Waals surface area (Å²) in [5.41, 5.74) is 2.00. The number of esters is 1. The Morgan fingerprint density at radius 1 is 1.06 bits per heavy atom. The van der Waals surface area contributed by atoms with Gasteiger partial charge >= 0.3 is 12.6 Å². The van der Waals surface area contributed by atoms with Crippen LogP contribution in [0.3, 0.4) is 0 Å². The molecule has 0 saturated heterocycles. The Hall–Kier alpha value is -3.36. The number of hydrogen-bond donors (Lipinski definition) is 0. The number of hydrogen-bond acceptors (Lipinski definition) is 6. The molecule has 0 bridgehead atoms. The maximum absolute atomic E-state index is 13.2. The Morgan fingerprint density at radius 2 is 1.71 bits per heavy atom. The fraction of sp³-hybridized carbons (Fsp3) is 0.364. The number of methoxy groups -OCH3 is 3. The fourth-order valence-corrected chi connectivity index (χ4v) is 3.68. The molecule has 0 radical (unpaired) electrons. The van der Waals surface area contributed by atoms with E-state index in [1.807, 2.05) is 6.07 Å². The van der Waals surface area contributed by atoms with Crippen LogP contribution in [0.5, 0.6) is 17.2 Å². The standard InChI is InChI=1S/C22H23F2NO6/c1-28-18-10-14-8-9-25(17(12-20(26)30-3)16(14)11-19(18)29-2)21(27)13-4-6-15(7-5-13)31-22(23)24/h4-7,10-11,17,22H,8-9,12H2,1-3H3/t17-/m0/s1. The number of amides is 1. The molecule has 0 aliphatic carbocycles. The quantitative estimate of drug-likeness (QED) is 0.619. The van der Waals surface area contributed by atoms with E-state index < -0.39 is 18.6 Å². The molecule has 0 unspecified atom stereocenters. The molecule has 0 aromatic heterocycles. The van der Waals surface area contributed by atoms with Crippen molar-refractivity contribution in [1.82, 2.24) is 4.90 Å². The summed E-state index contributed by atoms with van der Waals surface area (Å²) < 4.78 is 44.7. The number of carbonyl (C=O) groups is 2. The minimum Gasteiger partial charge on any atom is -0.493 e. The lowest BCUT2D eigenvalue weighted by Crippen LogP contribution is -2.41. The topological polar surface area (TPSA) is 74.3 Å².